The van der Waals surface area contributed by atoms with Gasteiger partial charge in [-0.15, -0.1) is 0 Å². The summed E-state index contributed by atoms with van der Waals surface area (Å²) >= 11 is 0. The molecule has 0 bridgehead atoms. The van der Waals surface area contributed by atoms with Gasteiger partial charge in [-0.1, -0.05) is 42.5 Å². The highest BCUT2D eigenvalue weighted by atomic mass is 19.1. The Bertz CT molecular complexity index is 735. The first kappa shape index (κ1) is 12.7. The van der Waals surface area contributed by atoms with Crippen molar-refractivity contribution in [2.75, 3.05) is 0 Å². The fourth-order valence-electron chi connectivity index (χ4n) is 2.29. The van der Waals surface area contributed by atoms with Gasteiger partial charge in [-0.2, -0.15) is 0 Å². The first-order valence-corrected chi connectivity index (χ1v) is 6.59. The second kappa shape index (κ2) is 5.33. The summed E-state index contributed by atoms with van der Waals surface area (Å²) in [5, 5.41) is 1.81. The lowest BCUT2D eigenvalue weighted by Crippen LogP contribution is -1.96. The minimum Gasteiger partial charge on any atom is -0.488 e. The van der Waals surface area contributed by atoms with Crippen molar-refractivity contribution in [1.82, 2.24) is 0 Å². The van der Waals surface area contributed by atoms with Crippen molar-refractivity contribution >= 4 is 10.8 Å². The van der Waals surface area contributed by atoms with E-state index in [-0.39, 0.29) is 5.82 Å². The summed E-state index contributed by atoms with van der Waals surface area (Å²) in [5.41, 5.74) is 2.20. The van der Waals surface area contributed by atoms with E-state index in [1.165, 1.54) is 12.1 Å². The first-order valence-electron chi connectivity index (χ1n) is 6.59. The molecule has 100 valence electrons. The molecular weight excluding hydrogens is 251 g/mol. The van der Waals surface area contributed by atoms with E-state index < -0.39 is 0 Å². The van der Waals surface area contributed by atoms with E-state index >= 15 is 0 Å². The number of halogens is 1. The average Bonchev–Trinajstić information content (AvgIpc) is 2.46. The number of benzene rings is 3. The third kappa shape index (κ3) is 2.64. The van der Waals surface area contributed by atoms with E-state index in [1.54, 1.807) is 6.07 Å². The molecule has 0 fully saturated rings. The van der Waals surface area contributed by atoms with Crippen LogP contribution in [0.25, 0.3) is 10.8 Å². The molecule has 1 nitrogen and oxygen atoms in total. The normalized spacial score (nSPS) is 10.7. The molecule has 0 saturated carbocycles. The molecule has 0 atom stereocenters. The van der Waals surface area contributed by atoms with Crippen LogP contribution in [0, 0.1) is 12.7 Å². The first-order chi connectivity index (χ1) is 9.72. The van der Waals surface area contributed by atoms with Crippen molar-refractivity contribution in [2.45, 2.75) is 13.5 Å². The van der Waals surface area contributed by atoms with Crippen LogP contribution in [0.15, 0.2) is 60.7 Å². The van der Waals surface area contributed by atoms with Crippen molar-refractivity contribution in [3.05, 3.63) is 77.6 Å². The van der Waals surface area contributed by atoms with E-state index in [2.05, 4.69) is 0 Å². The Morgan fingerprint density at radius 2 is 1.75 bits per heavy atom. The van der Waals surface area contributed by atoms with Crippen LogP contribution in [0.3, 0.4) is 0 Å². The van der Waals surface area contributed by atoms with Gasteiger partial charge in [0.15, 0.2) is 0 Å². The Hall–Kier alpha value is -2.35. The Balaban J connectivity index is 1.96. The molecule has 20 heavy (non-hydrogen) atoms. The third-order valence-electron chi connectivity index (χ3n) is 3.26. The van der Waals surface area contributed by atoms with Gasteiger partial charge in [0.2, 0.25) is 0 Å². The molecule has 0 saturated heterocycles. The highest BCUT2D eigenvalue weighted by molar-refractivity contribution is 5.89. The summed E-state index contributed by atoms with van der Waals surface area (Å²) in [7, 11) is 0. The van der Waals surface area contributed by atoms with E-state index in [9.17, 15) is 4.39 Å². The van der Waals surface area contributed by atoms with Crippen LogP contribution >= 0.6 is 0 Å². The number of fused-ring (bicyclic) bond motifs is 1. The molecular formula is C18H15FO. The summed E-state index contributed by atoms with van der Waals surface area (Å²) in [5.74, 6) is 0.481. The number of hydrogen-bond donors (Lipinski definition) is 0. The van der Waals surface area contributed by atoms with Gasteiger partial charge in [0.1, 0.15) is 18.2 Å². The zero-order chi connectivity index (χ0) is 13.9. The van der Waals surface area contributed by atoms with Gasteiger partial charge in [0, 0.05) is 5.39 Å². The minimum atomic E-state index is -0.245. The van der Waals surface area contributed by atoms with E-state index in [4.69, 9.17) is 4.74 Å². The number of aryl methyl sites for hydroxylation is 1. The Morgan fingerprint density at radius 3 is 2.55 bits per heavy atom. The molecule has 2 heteroatoms. The molecule has 0 heterocycles. The summed E-state index contributed by atoms with van der Waals surface area (Å²) in [6, 6.07) is 18.7. The highest BCUT2D eigenvalue weighted by Crippen LogP contribution is 2.29. The molecule has 0 unspecified atom stereocenters. The quantitative estimate of drug-likeness (QED) is 0.657. The molecule has 3 aromatic rings. The molecule has 3 rings (SSSR count). The average molecular weight is 266 g/mol. The largest absolute Gasteiger partial charge is 0.488 e. The predicted octanol–water partition coefficient (Wildman–Crippen LogP) is 4.87. The van der Waals surface area contributed by atoms with Crippen molar-refractivity contribution in [3.63, 3.8) is 0 Å². The Morgan fingerprint density at radius 1 is 0.950 bits per heavy atom. The Kier molecular flexibility index (Phi) is 3.38. The SMILES string of the molecule is Cc1cc(OCc2ccccc2)c2cc(F)ccc2c1. The smallest absolute Gasteiger partial charge is 0.128 e. The summed E-state index contributed by atoms with van der Waals surface area (Å²) in [6.07, 6.45) is 0. The molecule has 0 aliphatic heterocycles. The molecule has 0 radical (unpaired) electrons. The maximum absolute atomic E-state index is 13.4. The van der Waals surface area contributed by atoms with E-state index in [0.29, 0.717) is 6.61 Å². The van der Waals surface area contributed by atoms with Gasteiger partial charge in [-0.05, 0) is 41.6 Å². The second-order valence-electron chi connectivity index (χ2n) is 4.90. The van der Waals surface area contributed by atoms with Gasteiger partial charge >= 0.3 is 0 Å². The maximum atomic E-state index is 13.4. The van der Waals surface area contributed by atoms with Crippen LogP contribution in [0.1, 0.15) is 11.1 Å². The lowest BCUT2D eigenvalue weighted by molar-refractivity contribution is 0.310. The summed E-state index contributed by atoms with van der Waals surface area (Å²) in [6.45, 7) is 2.49. The molecule has 0 aromatic heterocycles. The lowest BCUT2D eigenvalue weighted by atomic mass is 10.1. The third-order valence-corrected chi connectivity index (χ3v) is 3.26. The van der Waals surface area contributed by atoms with Gasteiger partial charge in [-0.3, -0.25) is 0 Å². The van der Waals surface area contributed by atoms with Crippen LogP contribution in [-0.4, -0.2) is 0 Å². The minimum absolute atomic E-state index is 0.245. The van der Waals surface area contributed by atoms with Crippen molar-refractivity contribution in [1.29, 1.82) is 0 Å². The van der Waals surface area contributed by atoms with Crippen molar-refractivity contribution < 1.29 is 9.13 Å². The monoisotopic (exact) mass is 266 g/mol. The maximum Gasteiger partial charge on any atom is 0.128 e. The number of ether oxygens (including phenoxy) is 1. The van der Waals surface area contributed by atoms with Gasteiger partial charge < -0.3 is 4.74 Å². The van der Waals surface area contributed by atoms with E-state index in [1.807, 2.05) is 49.4 Å². The fourth-order valence-corrected chi connectivity index (χ4v) is 2.29. The van der Waals surface area contributed by atoms with Gasteiger partial charge in [0.05, 0.1) is 0 Å². The van der Waals surface area contributed by atoms with Crippen LogP contribution in [0.4, 0.5) is 4.39 Å². The predicted molar refractivity (Wildman–Crippen MR) is 79.4 cm³/mol. The van der Waals surface area contributed by atoms with Gasteiger partial charge in [-0.25, -0.2) is 4.39 Å². The lowest BCUT2D eigenvalue weighted by Gasteiger charge is -2.11. The fraction of sp³-hybridized carbons (Fsp3) is 0.111. The van der Waals surface area contributed by atoms with Crippen LogP contribution in [0.5, 0.6) is 5.75 Å². The number of hydrogen-bond acceptors (Lipinski definition) is 1. The highest BCUT2D eigenvalue weighted by Gasteiger charge is 2.05. The molecule has 0 aliphatic carbocycles. The van der Waals surface area contributed by atoms with Crippen molar-refractivity contribution in [2.24, 2.45) is 0 Å². The topological polar surface area (TPSA) is 9.23 Å². The van der Waals surface area contributed by atoms with Gasteiger partial charge in [0.25, 0.3) is 0 Å². The molecule has 0 aliphatic rings. The summed E-state index contributed by atoms with van der Waals surface area (Å²) in [4.78, 5) is 0. The molecule has 0 N–H and O–H groups in total. The zero-order valence-corrected chi connectivity index (χ0v) is 11.3. The van der Waals surface area contributed by atoms with Crippen LogP contribution in [0.2, 0.25) is 0 Å². The summed E-state index contributed by atoms with van der Waals surface area (Å²) < 4.78 is 19.3. The van der Waals surface area contributed by atoms with E-state index in [0.717, 1.165) is 27.6 Å². The standard InChI is InChI=1S/C18H15FO/c1-13-9-15-7-8-16(19)11-17(15)18(10-13)20-12-14-5-3-2-4-6-14/h2-11H,12H2,1H3. The zero-order valence-electron chi connectivity index (χ0n) is 11.3. The second-order valence-corrected chi connectivity index (χ2v) is 4.90. The van der Waals surface area contributed by atoms with Crippen molar-refractivity contribution in [3.8, 4) is 5.75 Å². The van der Waals surface area contributed by atoms with Crippen LogP contribution in [-0.2, 0) is 6.61 Å². The Labute approximate surface area is 117 Å². The number of rotatable bonds is 3. The molecule has 0 spiro atoms. The molecule has 0 amide bonds. The van der Waals surface area contributed by atoms with Crippen LogP contribution < -0.4 is 4.74 Å². The molecule has 3 aromatic carbocycles.